The molecule has 0 amide bonds. The minimum Gasteiger partial charge on any atom is -0.508 e. The predicted molar refractivity (Wildman–Crippen MR) is 98.4 cm³/mol. The van der Waals surface area contributed by atoms with Crippen LogP contribution in [0, 0.1) is 0 Å². The van der Waals surface area contributed by atoms with E-state index in [0.29, 0.717) is 0 Å². The highest BCUT2D eigenvalue weighted by molar-refractivity contribution is 5.88. The summed E-state index contributed by atoms with van der Waals surface area (Å²) in [7, 11) is 0. The van der Waals surface area contributed by atoms with E-state index < -0.39 is 22.7 Å². The smallest absolute Gasteiger partial charge is 0.238 e. The first-order valence-electron chi connectivity index (χ1n) is 8.11. The van der Waals surface area contributed by atoms with Crippen molar-refractivity contribution in [1.82, 2.24) is 0 Å². The van der Waals surface area contributed by atoms with Gasteiger partial charge in [0.05, 0.1) is 0 Å². The van der Waals surface area contributed by atoms with E-state index in [9.17, 15) is 30.3 Å². The zero-order valence-corrected chi connectivity index (χ0v) is 14.8. The van der Waals surface area contributed by atoms with Gasteiger partial charge in [-0.05, 0) is 32.0 Å². The van der Waals surface area contributed by atoms with E-state index in [-0.39, 0.29) is 33.8 Å². The number of rotatable bonds is 3. The Labute approximate surface area is 154 Å². The Kier molecular flexibility index (Phi) is 6.15. The second-order valence-electron chi connectivity index (χ2n) is 5.43. The van der Waals surface area contributed by atoms with E-state index in [1.807, 2.05) is 13.8 Å². The quantitative estimate of drug-likeness (QED) is 0.439. The monoisotopic (exact) mass is 376 g/mol. The van der Waals surface area contributed by atoms with Crippen molar-refractivity contribution >= 4 is 11.0 Å². The van der Waals surface area contributed by atoms with Crippen LogP contribution in [0.2, 0.25) is 0 Å². The Morgan fingerprint density at radius 3 is 2.11 bits per heavy atom. The maximum Gasteiger partial charge on any atom is 0.238 e. The summed E-state index contributed by atoms with van der Waals surface area (Å²) >= 11 is 0. The first-order valence-corrected chi connectivity index (χ1v) is 8.11. The number of ether oxygens (including phenoxy) is 1. The number of hydrogen-bond acceptors (Lipinski definition) is 8. The van der Waals surface area contributed by atoms with E-state index in [2.05, 4.69) is 0 Å². The predicted octanol–water partition coefficient (Wildman–Crippen LogP) is 3.03. The van der Waals surface area contributed by atoms with E-state index in [0.717, 1.165) is 37.5 Å². The van der Waals surface area contributed by atoms with Gasteiger partial charge in [-0.15, -0.1) is 0 Å². The molecule has 144 valence electrons. The molecule has 0 saturated heterocycles. The molecule has 5 N–H and O–H groups in total. The molecule has 0 aliphatic carbocycles. The third-order valence-electron chi connectivity index (χ3n) is 3.58. The van der Waals surface area contributed by atoms with Crippen molar-refractivity contribution in [3.8, 4) is 40.1 Å². The second-order valence-corrected chi connectivity index (χ2v) is 5.43. The van der Waals surface area contributed by atoms with Crippen molar-refractivity contribution < 1.29 is 34.7 Å². The maximum absolute atomic E-state index is 12.1. The van der Waals surface area contributed by atoms with Crippen molar-refractivity contribution in [2.24, 2.45) is 0 Å². The van der Waals surface area contributed by atoms with Crippen LogP contribution in [-0.2, 0) is 4.74 Å². The summed E-state index contributed by atoms with van der Waals surface area (Å²) in [6, 6.07) is 5.64. The number of benzene rings is 2. The van der Waals surface area contributed by atoms with E-state index in [4.69, 9.17) is 9.15 Å². The van der Waals surface area contributed by atoms with Crippen LogP contribution >= 0.6 is 0 Å². The molecule has 8 heteroatoms. The highest BCUT2D eigenvalue weighted by Gasteiger charge is 2.19. The average molecular weight is 376 g/mol. The molecule has 0 unspecified atom stereocenters. The van der Waals surface area contributed by atoms with Crippen molar-refractivity contribution in [2.45, 2.75) is 13.8 Å². The second kappa shape index (κ2) is 8.33. The molecule has 1 aromatic heterocycles. The van der Waals surface area contributed by atoms with Gasteiger partial charge < -0.3 is 34.7 Å². The van der Waals surface area contributed by atoms with Crippen LogP contribution in [0.5, 0.6) is 28.7 Å². The van der Waals surface area contributed by atoms with Gasteiger partial charge in [0.1, 0.15) is 22.5 Å². The van der Waals surface area contributed by atoms with Gasteiger partial charge in [0, 0.05) is 30.9 Å². The SMILES string of the molecule is CCOCC.O=c1c(O)c(-c2ccc(O)c(O)c2)oc2cc(O)cc(O)c12. The van der Waals surface area contributed by atoms with E-state index >= 15 is 0 Å². The van der Waals surface area contributed by atoms with Gasteiger partial charge in [0.25, 0.3) is 0 Å². The molecule has 2 aromatic carbocycles. The van der Waals surface area contributed by atoms with Gasteiger partial charge in [-0.25, -0.2) is 0 Å². The molecule has 3 aromatic rings. The Balaban J connectivity index is 0.000000465. The molecule has 3 rings (SSSR count). The Hall–Kier alpha value is -3.39. The van der Waals surface area contributed by atoms with Crippen molar-refractivity contribution in [3.05, 3.63) is 40.6 Å². The Bertz CT molecular complexity index is 1000. The molecule has 0 fully saturated rings. The van der Waals surface area contributed by atoms with Gasteiger partial charge in [-0.3, -0.25) is 4.79 Å². The lowest BCUT2D eigenvalue weighted by molar-refractivity contribution is 0.162. The van der Waals surface area contributed by atoms with Gasteiger partial charge in [-0.2, -0.15) is 0 Å². The fourth-order valence-electron chi connectivity index (χ4n) is 2.34. The minimum atomic E-state index is -0.888. The largest absolute Gasteiger partial charge is 0.508 e. The van der Waals surface area contributed by atoms with Gasteiger partial charge in [0.2, 0.25) is 11.2 Å². The summed E-state index contributed by atoms with van der Waals surface area (Å²) in [5.41, 5.74) is -0.890. The topological polar surface area (TPSA) is 141 Å². The van der Waals surface area contributed by atoms with Crippen molar-refractivity contribution in [2.75, 3.05) is 13.2 Å². The van der Waals surface area contributed by atoms with E-state index in [1.54, 1.807) is 0 Å². The number of hydrogen-bond donors (Lipinski definition) is 5. The van der Waals surface area contributed by atoms with Crippen LogP contribution in [0.3, 0.4) is 0 Å². The summed E-state index contributed by atoms with van der Waals surface area (Å²) in [4.78, 5) is 12.1. The summed E-state index contributed by atoms with van der Waals surface area (Å²) in [6.07, 6.45) is 0. The van der Waals surface area contributed by atoms with Crippen LogP contribution in [-0.4, -0.2) is 38.7 Å². The van der Waals surface area contributed by atoms with Crippen LogP contribution in [0.25, 0.3) is 22.3 Å². The summed E-state index contributed by atoms with van der Waals surface area (Å²) in [6.45, 7) is 5.67. The molecule has 0 radical (unpaired) electrons. The summed E-state index contributed by atoms with van der Waals surface area (Å²) in [5.74, 6) is -2.71. The van der Waals surface area contributed by atoms with Crippen LogP contribution in [0.4, 0.5) is 0 Å². The van der Waals surface area contributed by atoms with Gasteiger partial charge >= 0.3 is 0 Å². The molecule has 0 saturated carbocycles. The molecule has 0 atom stereocenters. The fourth-order valence-corrected chi connectivity index (χ4v) is 2.34. The van der Waals surface area contributed by atoms with Crippen molar-refractivity contribution in [3.63, 3.8) is 0 Å². The average Bonchev–Trinajstić information content (AvgIpc) is 2.61. The van der Waals surface area contributed by atoms with Gasteiger partial charge in [-0.1, -0.05) is 0 Å². The molecule has 0 aliphatic heterocycles. The molecule has 1 heterocycles. The molecule has 0 spiro atoms. The zero-order chi connectivity index (χ0) is 20.1. The standard InChI is InChI=1S/C15H10O7.C4H10O/c16-7-4-10(19)12-11(5-7)22-15(14(21)13(12)20)6-1-2-8(17)9(18)3-6;1-3-5-4-2/h1-5,16-19,21H;3-4H2,1-2H3. The molecular weight excluding hydrogens is 356 g/mol. The molecule has 8 nitrogen and oxygen atoms in total. The number of phenolic OH excluding ortho intramolecular Hbond substituents is 4. The fraction of sp³-hybridized carbons (Fsp3) is 0.211. The zero-order valence-electron chi connectivity index (χ0n) is 14.8. The van der Waals surface area contributed by atoms with Gasteiger partial charge in [0.15, 0.2) is 17.3 Å². The normalized spacial score (nSPS) is 10.4. The minimum absolute atomic E-state index is 0.134. The molecule has 27 heavy (non-hydrogen) atoms. The first kappa shape index (κ1) is 19.9. The Morgan fingerprint density at radius 1 is 0.889 bits per heavy atom. The van der Waals surface area contributed by atoms with Crippen LogP contribution in [0.15, 0.2) is 39.5 Å². The van der Waals surface area contributed by atoms with Crippen LogP contribution < -0.4 is 5.43 Å². The third kappa shape index (κ3) is 4.24. The van der Waals surface area contributed by atoms with E-state index in [1.165, 1.54) is 6.07 Å². The lowest BCUT2D eigenvalue weighted by Gasteiger charge is -2.08. The highest BCUT2D eigenvalue weighted by atomic mass is 16.5. The first-order chi connectivity index (χ1) is 12.8. The Morgan fingerprint density at radius 2 is 1.56 bits per heavy atom. The number of phenols is 4. The number of fused-ring (bicyclic) bond motifs is 1. The highest BCUT2D eigenvalue weighted by Crippen LogP contribution is 2.37. The van der Waals surface area contributed by atoms with Crippen molar-refractivity contribution in [1.29, 1.82) is 0 Å². The van der Waals surface area contributed by atoms with Crippen LogP contribution in [0.1, 0.15) is 13.8 Å². The summed E-state index contributed by atoms with van der Waals surface area (Å²) in [5, 5.41) is 47.6. The maximum atomic E-state index is 12.1. The molecular formula is C19H20O8. The molecule has 0 aliphatic rings. The lowest BCUT2D eigenvalue weighted by Crippen LogP contribution is -2.02. The third-order valence-corrected chi connectivity index (χ3v) is 3.58. The summed E-state index contributed by atoms with van der Waals surface area (Å²) < 4.78 is 10.2. The molecule has 0 bridgehead atoms. The number of aromatic hydroxyl groups is 5. The lowest BCUT2D eigenvalue weighted by atomic mass is 10.1.